The maximum Gasteiger partial charge on any atom is 0.109 e. The molecule has 0 amide bonds. The molecule has 2 N–H and O–H groups in total. The van der Waals surface area contributed by atoms with Crippen molar-refractivity contribution in [2.24, 2.45) is 11.7 Å². The van der Waals surface area contributed by atoms with Crippen LogP contribution in [-0.4, -0.2) is 15.6 Å². The van der Waals surface area contributed by atoms with Crippen LogP contribution in [0.25, 0.3) is 11.0 Å². The van der Waals surface area contributed by atoms with Gasteiger partial charge < -0.3 is 10.3 Å². The van der Waals surface area contributed by atoms with E-state index >= 15 is 0 Å². The van der Waals surface area contributed by atoms with Crippen LogP contribution in [0.15, 0.2) is 24.3 Å². The number of hydrogen-bond acceptors (Lipinski definition) is 2. The van der Waals surface area contributed by atoms with Crippen LogP contribution in [0.3, 0.4) is 0 Å². The predicted octanol–water partition coefficient (Wildman–Crippen LogP) is 3.36. The zero-order valence-corrected chi connectivity index (χ0v) is 12.3. The van der Waals surface area contributed by atoms with Gasteiger partial charge in [0.25, 0.3) is 0 Å². The maximum absolute atomic E-state index is 6.33. The molecule has 0 fully saturated rings. The van der Waals surface area contributed by atoms with Crippen molar-refractivity contribution in [3.05, 3.63) is 30.1 Å². The number of nitrogens with two attached hydrogens (primary N) is 1. The zero-order valence-electron chi connectivity index (χ0n) is 12.3. The van der Waals surface area contributed by atoms with Crippen LogP contribution in [0.1, 0.15) is 39.4 Å². The standard InChI is InChI=1S/C16H25N3/c1-4-8-16-18-14-9-6-7-10-15(14)19(16)11-13(17)12(3)5-2/h6-7,9-10,12-13H,4-5,8,11,17H2,1-3H3. The quantitative estimate of drug-likeness (QED) is 0.864. The number of fused-ring (bicyclic) bond motifs is 1. The molecule has 0 aliphatic heterocycles. The average molecular weight is 259 g/mol. The Labute approximate surface area is 115 Å². The highest BCUT2D eigenvalue weighted by molar-refractivity contribution is 5.75. The fraction of sp³-hybridized carbons (Fsp3) is 0.562. The number of para-hydroxylation sites is 2. The maximum atomic E-state index is 6.33. The van der Waals surface area contributed by atoms with Gasteiger partial charge >= 0.3 is 0 Å². The number of aryl methyl sites for hydroxylation is 1. The summed E-state index contributed by atoms with van der Waals surface area (Å²) in [6.45, 7) is 7.48. The molecule has 0 radical (unpaired) electrons. The Hall–Kier alpha value is -1.35. The van der Waals surface area contributed by atoms with E-state index in [1.54, 1.807) is 0 Å². The van der Waals surface area contributed by atoms with E-state index < -0.39 is 0 Å². The lowest BCUT2D eigenvalue weighted by molar-refractivity contribution is 0.395. The molecule has 2 unspecified atom stereocenters. The molecule has 19 heavy (non-hydrogen) atoms. The van der Waals surface area contributed by atoms with Crippen LogP contribution in [0.5, 0.6) is 0 Å². The molecule has 1 aromatic heterocycles. The van der Waals surface area contributed by atoms with Gasteiger partial charge in [-0.3, -0.25) is 0 Å². The molecule has 1 heterocycles. The highest BCUT2D eigenvalue weighted by Gasteiger charge is 2.16. The van der Waals surface area contributed by atoms with E-state index in [1.807, 2.05) is 6.07 Å². The summed E-state index contributed by atoms with van der Waals surface area (Å²) < 4.78 is 2.32. The minimum absolute atomic E-state index is 0.193. The molecule has 0 spiro atoms. The number of imidazole rings is 1. The van der Waals surface area contributed by atoms with Crippen molar-refractivity contribution in [2.75, 3.05) is 0 Å². The third kappa shape index (κ3) is 2.98. The second-order valence-electron chi connectivity index (χ2n) is 5.43. The Morgan fingerprint density at radius 1 is 1.26 bits per heavy atom. The Morgan fingerprint density at radius 2 is 2.00 bits per heavy atom. The van der Waals surface area contributed by atoms with Crippen molar-refractivity contribution in [2.45, 2.75) is 52.6 Å². The van der Waals surface area contributed by atoms with Gasteiger partial charge in [0.2, 0.25) is 0 Å². The van der Waals surface area contributed by atoms with Gasteiger partial charge in [-0.15, -0.1) is 0 Å². The van der Waals surface area contributed by atoms with Gasteiger partial charge in [-0.1, -0.05) is 39.3 Å². The number of benzene rings is 1. The lowest BCUT2D eigenvalue weighted by Gasteiger charge is -2.20. The number of aromatic nitrogens is 2. The second kappa shape index (κ2) is 6.20. The van der Waals surface area contributed by atoms with E-state index in [2.05, 4.69) is 43.5 Å². The third-order valence-corrected chi connectivity index (χ3v) is 3.98. The van der Waals surface area contributed by atoms with E-state index in [1.165, 1.54) is 11.3 Å². The largest absolute Gasteiger partial charge is 0.326 e. The summed E-state index contributed by atoms with van der Waals surface area (Å²) >= 11 is 0. The first-order valence-electron chi connectivity index (χ1n) is 7.37. The van der Waals surface area contributed by atoms with Crippen LogP contribution in [-0.2, 0) is 13.0 Å². The number of nitrogens with zero attached hydrogens (tertiary/aromatic N) is 2. The highest BCUT2D eigenvalue weighted by Crippen LogP contribution is 2.19. The molecule has 2 aromatic rings. The summed E-state index contributed by atoms with van der Waals surface area (Å²) in [6, 6.07) is 8.54. The smallest absolute Gasteiger partial charge is 0.109 e. The Bertz CT molecular complexity index is 530. The van der Waals surface area contributed by atoms with E-state index in [4.69, 9.17) is 10.7 Å². The third-order valence-electron chi connectivity index (χ3n) is 3.98. The van der Waals surface area contributed by atoms with Crippen LogP contribution in [0, 0.1) is 5.92 Å². The van der Waals surface area contributed by atoms with Crippen molar-refractivity contribution in [3.8, 4) is 0 Å². The Balaban J connectivity index is 2.36. The highest BCUT2D eigenvalue weighted by atomic mass is 15.1. The van der Waals surface area contributed by atoms with Gasteiger partial charge in [-0.2, -0.15) is 0 Å². The van der Waals surface area contributed by atoms with E-state index in [0.29, 0.717) is 5.92 Å². The van der Waals surface area contributed by atoms with Gasteiger partial charge in [0.05, 0.1) is 11.0 Å². The van der Waals surface area contributed by atoms with Crippen molar-refractivity contribution in [3.63, 3.8) is 0 Å². The van der Waals surface area contributed by atoms with Crippen LogP contribution in [0.2, 0.25) is 0 Å². The number of hydrogen-bond donors (Lipinski definition) is 1. The van der Waals surface area contributed by atoms with Gasteiger partial charge in [0.1, 0.15) is 5.82 Å². The normalized spacial score (nSPS) is 14.7. The molecular formula is C16H25N3. The molecule has 0 bridgehead atoms. The SMILES string of the molecule is CCCc1nc2ccccc2n1CC(N)C(C)CC. The minimum atomic E-state index is 0.193. The summed E-state index contributed by atoms with van der Waals surface area (Å²) in [6.07, 6.45) is 3.25. The molecular weight excluding hydrogens is 234 g/mol. The first-order chi connectivity index (χ1) is 9.17. The monoisotopic (exact) mass is 259 g/mol. The predicted molar refractivity (Wildman–Crippen MR) is 81.2 cm³/mol. The summed E-state index contributed by atoms with van der Waals surface area (Å²) in [5.74, 6) is 1.71. The second-order valence-corrected chi connectivity index (χ2v) is 5.43. The molecule has 0 saturated carbocycles. The van der Waals surface area contributed by atoms with Crippen LogP contribution < -0.4 is 5.73 Å². The van der Waals surface area contributed by atoms with Crippen molar-refractivity contribution in [1.29, 1.82) is 0 Å². The molecule has 0 saturated heterocycles. The molecule has 104 valence electrons. The van der Waals surface area contributed by atoms with Gasteiger partial charge in [0.15, 0.2) is 0 Å². The summed E-state index contributed by atoms with van der Waals surface area (Å²) in [4.78, 5) is 4.75. The average Bonchev–Trinajstić information content (AvgIpc) is 2.76. The molecule has 0 aliphatic carbocycles. The van der Waals surface area contributed by atoms with Gasteiger partial charge in [0, 0.05) is 19.0 Å². The number of rotatable bonds is 6. The van der Waals surface area contributed by atoms with Crippen molar-refractivity contribution < 1.29 is 0 Å². The molecule has 3 nitrogen and oxygen atoms in total. The molecule has 2 rings (SSSR count). The first kappa shape index (κ1) is 14.1. The summed E-state index contributed by atoms with van der Waals surface area (Å²) in [5, 5.41) is 0. The van der Waals surface area contributed by atoms with Crippen LogP contribution >= 0.6 is 0 Å². The molecule has 2 atom stereocenters. The molecule has 1 aromatic carbocycles. The topological polar surface area (TPSA) is 43.8 Å². The lowest BCUT2D eigenvalue weighted by Crippen LogP contribution is -2.33. The van der Waals surface area contributed by atoms with E-state index in [0.717, 1.165) is 31.3 Å². The van der Waals surface area contributed by atoms with Gasteiger partial charge in [-0.25, -0.2) is 4.98 Å². The Morgan fingerprint density at radius 3 is 2.68 bits per heavy atom. The molecule has 0 aliphatic rings. The van der Waals surface area contributed by atoms with E-state index in [-0.39, 0.29) is 6.04 Å². The Kier molecular flexibility index (Phi) is 4.59. The molecule has 3 heteroatoms. The fourth-order valence-corrected chi connectivity index (χ4v) is 2.44. The van der Waals surface area contributed by atoms with E-state index in [9.17, 15) is 0 Å². The lowest BCUT2D eigenvalue weighted by atomic mass is 10.00. The zero-order chi connectivity index (χ0) is 13.8. The first-order valence-corrected chi connectivity index (χ1v) is 7.37. The van der Waals surface area contributed by atoms with Crippen LogP contribution in [0.4, 0.5) is 0 Å². The van der Waals surface area contributed by atoms with Crippen molar-refractivity contribution in [1.82, 2.24) is 9.55 Å². The summed E-state index contributed by atoms with van der Waals surface area (Å²) in [7, 11) is 0. The van der Waals surface area contributed by atoms with Crippen molar-refractivity contribution >= 4 is 11.0 Å². The summed E-state index contributed by atoms with van der Waals surface area (Å²) in [5.41, 5.74) is 8.62. The fourth-order valence-electron chi connectivity index (χ4n) is 2.44. The van der Waals surface area contributed by atoms with Gasteiger partial charge in [-0.05, 0) is 24.5 Å². The minimum Gasteiger partial charge on any atom is -0.326 e.